The van der Waals surface area contributed by atoms with Gasteiger partial charge in [-0.2, -0.15) is 0 Å². The summed E-state index contributed by atoms with van der Waals surface area (Å²) in [5.41, 5.74) is 7.30. The van der Waals surface area contributed by atoms with Crippen LogP contribution in [0.2, 0.25) is 5.02 Å². The topological polar surface area (TPSA) is 35.2 Å². The van der Waals surface area contributed by atoms with E-state index in [1.54, 1.807) is 0 Å². The maximum Gasteiger partial charge on any atom is 0.138 e. The zero-order valence-electron chi connectivity index (χ0n) is 9.92. The molecule has 0 radical (unpaired) electrons. The summed E-state index contributed by atoms with van der Waals surface area (Å²) < 4.78 is 5.84. The Bertz CT molecular complexity index is 424. The molecule has 0 atom stereocenters. The molecule has 0 spiro atoms. The molecule has 92 valence electrons. The molecule has 2 N–H and O–H groups in total. The van der Waals surface area contributed by atoms with E-state index < -0.39 is 0 Å². The van der Waals surface area contributed by atoms with Crippen LogP contribution in [0.25, 0.3) is 0 Å². The van der Waals surface area contributed by atoms with Crippen LogP contribution in [0.5, 0.6) is 5.75 Å². The fourth-order valence-corrected chi connectivity index (χ4v) is 2.58. The summed E-state index contributed by atoms with van der Waals surface area (Å²) in [6, 6.07) is 6.17. The molecule has 1 aromatic rings. The first-order chi connectivity index (χ1) is 8.23. The molecule has 0 amide bonds. The van der Waals surface area contributed by atoms with Crippen molar-refractivity contribution in [3.63, 3.8) is 0 Å². The lowest BCUT2D eigenvalue weighted by molar-refractivity contribution is 0.120. The highest BCUT2D eigenvalue weighted by molar-refractivity contribution is 6.32. The average Bonchev–Trinajstić information content (AvgIpc) is 3.06. The van der Waals surface area contributed by atoms with E-state index in [1.165, 1.54) is 24.8 Å². The highest BCUT2D eigenvalue weighted by atomic mass is 35.5. The third-order valence-corrected chi connectivity index (χ3v) is 4.43. The molecule has 0 unspecified atom stereocenters. The Morgan fingerprint density at radius 3 is 2.59 bits per heavy atom. The number of hydrogen-bond acceptors (Lipinski definition) is 2. The Labute approximate surface area is 107 Å². The Hall–Kier alpha value is -0.730. The van der Waals surface area contributed by atoms with Gasteiger partial charge in [-0.3, -0.25) is 0 Å². The highest BCUT2D eigenvalue weighted by Crippen LogP contribution is 2.48. The molecule has 0 aromatic heterocycles. The van der Waals surface area contributed by atoms with Gasteiger partial charge < -0.3 is 10.5 Å². The van der Waals surface area contributed by atoms with Crippen LogP contribution in [-0.4, -0.2) is 12.6 Å². The minimum atomic E-state index is 0.207. The van der Waals surface area contributed by atoms with Gasteiger partial charge in [0.2, 0.25) is 0 Å². The lowest BCUT2D eigenvalue weighted by Gasteiger charge is -2.27. The third kappa shape index (κ3) is 2.04. The lowest BCUT2D eigenvalue weighted by Crippen LogP contribution is -2.25. The Balaban J connectivity index is 1.78. The fourth-order valence-electron chi connectivity index (χ4n) is 2.36. The zero-order valence-corrected chi connectivity index (χ0v) is 10.7. The van der Waals surface area contributed by atoms with Gasteiger partial charge in [0.25, 0.3) is 0 Å². The van der Waals surface area contributed by atoms with E-state index in [4.69, 9.17) is 22.1 Å². The van der Waals surface area contributed by atoms with Gasteiger partial charge in [0, 0.05) is 12.0 Å². The third-order valence-electron chi connectivity index (χ3n) is 4.13. The van der Waals surface area contributed by atoms with E-state index in [0.29, 0.717) is 12.6 Å². The maximum atomic E-state index is 6.28. The van der Waals surface area contributed by atoms with Crippen molar-refractivity contribution in [2.75, 3.05) is 6.54 Å². The number of nitrogens with two attached hydrogens (primary N) is 1. The van der Waals surface area contributed by atoms with Gasteiger partial charge in [-0.25, -0.2) is 0 Å². The summed E-state index contributed by atoms with van der Waals surface area (Å²) in [6.07, 6.45) is 6.33. The first-order valence-corrected chi connectivity index (χ1v) is 6.78. The largest absolute Gasteiger partial charge is 0.489 e. The van der Waals surface area contributed by atoms with E-state index >= 15 is 0 Å². The first-order valence-electron chi connectivity index (χ1n) is 6.40. The van der Waals surface area contributed by atoms with Crippen molar-refractivity contribution in [2.45, 2.75) is 43.6 Å². The fraction of sp³-hybridized carbons (Fsp3) is 0.571. The van der Waals surface area contributed by atoms with Crippen LogP contribution in [-0.2, 0) is 5.41 Å². The van der Waals surface area contributed by atoms with E-state index in [2.05, 4.69) is 6.07 Å². The van der Waals surface area contributed by atoms with Crippen molar-refractivity contribution >= 4 is 11.6 Å². The van der Waals surface area contributed by atoms with Gasteiger partial charge in [0.05, 0.1) is 11.1 Å². The van der Waals surface area contributed by atoms with Gasteiger partial charge in [0.15, 0.2) is 0 Å². The summed E-state index contributed by atoms with van der Waals surface area (Å²) in [4.78, 5) is 0. The summed E-state index contributed by atoms with van der Waals surface area (Å²) in [6.45, 7) is 0.714. The van der Waals surface area contributed by atoms with E-state index in [9.17, 15) is 0 Å². The molecule has 0 aliphatic heterocycles. The number of benzene rings is 1. The summed E-state index contributed by atoms with van der Waals surface area (Å²) in [5, 5.41) is 0.731. The van der Waals surface area contributed by atoms with Crippen LogP contribution in [0.1, 0.15) is 37.7 Å². The quantitative estimate of drug-likeness (QED) is 0.892. The second-order valence-electron chi connectivity index (χ2n) is 5.30. The number of rotatable bonds is 4. The predicted octanol–water partition coefficient (Wildman–Crippen LogP) is 3.26. The molecule has 0 bridgehead atoms. The Morgan fingerprint density at radius 2 is 2.12 bits per heavy atom. The number of hydrogen-bond donors (Lipinski definition) is 1. The molecule has 2 aliphatic rings. The molecule has 1 aromatic carbocycles. The SMILES string of the molecule is NCC1(c2ccc(OC3CCC3)c(Cl)c2)CC1. The number of halogens is 1. The van der Waals surface area contributed by atoms with Gasteiger partial charge in [0.1, 0.15) is 5.75 Å². The predicted molar refractivity (Wildman–Crippen MR) is 69.7 cm³/mol. The minimum Gasteiger partial charge on any atom is -0.489 e. The summed E-state index contributed by atoms with van der Waals surface area (Å²) >= 11 is 6.28. The molecular weight excluding hydrogens is 234 g/mol. The van der Waals surface area contributed by atoms with Crippen LogP contribution >= 0.6 is 11.6 Å². The number of ether oxygens (including phenoxy) is 1. The van der Waals surface area contributed by atoms with Crippen molar-refractivity contribution in [2.24, 2.45) is 5.73 Å². The maximum absolute atomic E-state index is 6.28. The smallest absolute Gasteiger partial charge is 0.138 e. The molecule has 2 nitrogen and oxygen atoms in total. The average molecular weight is 252 g/mol. The Kier molecular flexibility index (Phi) is 2.80. The molecule has 17 heavy (non-hydrogen) atoms. The van der Waals surface area contributed by atoms with Crippen molar-refractivity contribution in [3.8, 4) is 5.75 Å². The van der Waals surface area contributed by atoms with Crippen molar-refractivity contribution in [1.29, 1.82) is 0 Å². The van der Waals surface area contributed by atoms with Crippen molar-refractivity contribution in [1.82, 2.24) is 0 Å². The lowest BCUT2D eigenvalue weighted by atomic mass is 9.95. The molecule has 0 heterocycles. The summed E-state index contributed by atoms with van der Waals surface area (Å²) in [5.74, 6) is 0.827. The minimum absolute atomic E-state index is 0.207. The molecule has 0 saturated heterocycles. The van der Waals surface area contributed by atoms with Gasteiger partial charge in [-0.05, 0) is 49.8 Å². The van der Waals surface area contributed by atoms with Crippen LogP contribution in [0.3, 0.4) is 0 Å². The first kappa shape index (κ1) is 11.4. The van der Waals surface area contributed by atoms with Crippen molar-refractivity contribution in [3.05, 3.63) is 28.8 Å². The molecular formula is C14H18ClNO. The normalized spacial score (nSPS) is 22.0. The second kappa shape index (κ2) is 4.18. The van der Waals surface area contributed by atoms with Crippen LogP contribution in [0.15, 0.2) is 18.2 Å². The second-order valence-corrected chi connectivity index (χ2v) is 5.71. The van der Waals surface area contributed by atoms with Crippen LogP contribution < -0.4 is 10.5 Å². The van der Waals surface area contributed by atoms with Crippen molar-refractivity contribution < 1.29 is 4.74 Å². The summed E-state index contributed by atoms with van der Waals surface area (Å²) in [7, 11) is 0. The van der Waals surface area contributed by atoms with Crippen LogP contribution in [0.4, 0.5) is 0 Å². The molecule has 3 heteroatoms. The monoisotopic (exact) mass is 251 g/mol. The van der Waals surface area contributed by atoms with E-state index in [-0.39, 0.29) is 5.41 Å². The van der Waals surface area contributed by atoms with Gasteiger partial charge >= 0.3 is 0 Å². The highest BCUT2D eigenvalue weighted by Gasteiger charge is 2.43. The standard InChI is InChI=1S/C14H18ClNO/c15-12-8-10(14(9-16)6-7-14)4-5-13(12)17-11-2-1-3-11/h4-5,8,11H,1-3,6-7,9,16H2. The van der Waals surface area contributed by atoms with Crippen LogP contribution in [0, 0.1) is 0 Å². The van der Waals surface area contributed by atoms with Gasteiger partial charge in [-0.15, -0.1) is 0 Å². The molecule has 2 fully saturated rings. The van der Waals surface area contributed by atoms with Gasteiger partial charge in [-0.1, -0.05) is 17.7 Å². The molecule has 2 aliphatic carbocycles. The van der Waals surface area contributed by atoms with E-state index in [1.807, 2.05) is 12.1 Å². The zero-order chi connectivity index (χ0) is 11.9. The molecule has 3 rings (SSSR count). The molecule has 2 saturated carbocycles. The Morgan fingerprint density at radius 1 is 1.35 bits per heavy atom. The van der Waals surface area contributed by atoms with E-state index in [0.717, 1.165) is 23.6 Å².